The summed E-state index contributed by atoms with van der Waals surface area (Å²) in [4.78, 5) is 2.61. The van der Waals surface area contributed by atoms with Crippen LogP contribution >= 0.6 is 0 Å². The van der Waals surface area contributed by atoms with Gasteiger partial charge in [-0.3, -0.25) is 9.58 Å². The predicted octanol–water partition coefficient (Wildman–Crippen LogP) is 0.604. The van der Waals surface area contributed by atoms with Crippen LogP contribution in [-0.4, -0.2) is 40.4 Å². The Morgan fingerprint density at radius 2 is 2.44 bits per heavy atom. The first-order valence-corrected chi connectivity index (χ1v) is 6.26. The summed E-state index contributed by atoms with van der Waals surface area (Å²) in [7, 11) is 1.99. The number of aromatic nitrogens is 2. The van der Waals surface area contributed by atoms with Crippen LogP contribution in [0.3, 0.4) is 0 Å². The topological polar surface area (TPSA) is 33.1 Å². The van der Waals surface area contributed by atoms with Crippen molar-refractivity contribution < 1.29 is 0 Å². The summed E-state index contributed by atoms with van der Waals surface area (Å²) in [6.45, 7) is 4.63. The highest BCUT2D eigenvalue weighted by atomic mass is 15.3. The summed E-state index contributed by atoms with van der Waals surface area (Å²) in [6.07, 6.45) is 4.77. The fourth-order valence-electron chi connectivity index (χ4n) is 3.12. The molecule has 0 saturated carbocycles. The van der Waals surface area contributed by atoms with E-state index in [1.807, 2.05) is 17.9 Å². The second kappa shape index (κ2) is 4.18. The molecule has 0 aromatic carbocycles. The zero-order valence-corrected chi connectivity index (χ0v) is 9.89. The maximum absolute atomic E-state index is 4.47. The van der Waals surface area contributed by atoms with E-state index in [0.717, 1.165) is 25.0 Å². The van der Waals surface area contributed by atoms with Gasteiger partial charge < -0.3 is 5.32 Å². The maximum atomic E-state index is 4.47. The van der Waals surface area contributed by atoms with E-state index < -0.39 is 0 Å². The summed E-state index contributed by atoms with van der Waals surface area (Å²) in [5, 5.41) is 7.99. The standard InChI is InChI=1S/C12H20N4/c1-15-6-4-11(14-15)9-16-5-2-3-10-7-13-8-12(10)16/h4,6,10,12-13H,2-3,5,7-9H2,1H3. The zero-order valence-electron chi connectivity index (χ0n) is 9.89. The number of hydrogen-bond acceptors (Lipinski definition) is 3. The molecular weight excluding hydrogens is 200 g/mol. The van der Waals surface area contributed by atoms with E-state index in [1.54, 1.807) is 0 Å². The van der Waals surface area contributed by atoms with E-state index >= 15 is 0 Å². The average molecular weight is 220 g/mol. The van der Waals surface area contributed by atoms with Crippen LogP contribution in [-0.2, 0) is 13.6 Å². The van der Waals surface area contributed by atoms with E-state index in [1.165, 1.54) is 31.6 Å². The van der Waals surface area contributed by atoms with Crippen molar-refractivity contribution in [3.63, 3.8) is 0 Å². The monoisotopic (exact) mass is 220 g/mol. The van der Waals surface area contributed by atoms with Crippen LogP contribution in [0.4, 0.5) is 0 Å². The van der Waals surface area contributed by atoms with Crippen LogP contribution in [0.2, 0.25) is 0 Å². The van der Waals surface area contributed by atoms with E-state index in [-0.39, 0.29) is 0 Å². The molecule has 4 nitrogen and oxygen atoms in total. The zero-order chi connectivity index (χ0) is 11.0. The van der Waals surface area contributed by atoms with Gasteiger partial charge in [-0.1, -0.05) is 0 Å². The van der Waals surface area contributed by atoms with Crippen molar-refractivity contribution in [1.29, 1.82) is 0 Å². The molecule has 2 aliphatic heterocycles. The van der Waals surface area contributed by atoms with E-state index in [0.29, 0.717) is 0 Å². The lowest BCUT2D eigenvalue weighted by Crippen LogP contribution is -2.44. The highest BCUT2D eigenvalue weighted by molar-refractivity contribution is 5.01. The average Bonchev–Trinajstić information content (AvgIpc) is 2.87. The lowest BCUT2D eigenvalue weighted by Gasteiger charge is -2.36. The molecule has 16 heavy (non-hydrogen) atoms. The normalized spacial score (nSPS) is 30.6. The van der Waals surface area contributed by atoms with Gasteiger partial charge in [0, 0.05) is 32.4 Å². The Morgan fingerprint density at radius 1 is 1.50 bits per heavy atom. The van der Waals surface area contributed by atoms with E-state index in [2.05, 4.69) is 21.4 Å². The second-order valence-electron chi connectivity index (χ2n) is 5.08. The summed E-state index contributed by atoms with van der Waals surface area (Å²) in [6, 6.07) is 2.88. The molecule has 1 aromatic rings. The van der Waals surface area contributed by atoms with Crippen LogP contribution < -0.4 is 5.32 Å². The van der Waals surface area contributed by atoms with Crippen LogP contribution in [0.15, 0.2) is 12.3 Å². The minimum atomic E-state index is 0.746. The van der Waals surface area contributed by atoms with Crippen molar-refractivity contribution in [3.8, 4) is 0 Å². The quantitative estimate of drug-likeness (QED) is 0.792. The lowest BCUT2D eigenvalue weighted by molar-refractivity contribution is 0.116. The van der Waals surface area contributed by atoms with Crippen molar-refractivity contribution in [3.05, 3.63) is 18.0 Å². The largest absolute Gasteiger partial charge is 0.315 e. The number of rotatable bonds is 2. The molecule has 1 aromatic heterocycles. The highest BCUT2D eigenvalue weighted by Gasteiger charge is 2.34. The predicted molar refractivity (Wildman–Crippen MR) is 63.0 cm³/mol. The molecule has 0 spiro atoms. The van der Waals surface area contributed by atoms with Gasteiger partial charge in [0.1, 0.15) is 0 Å². The first kappa shape index (κ1) is 10.3. The number of hydrogen-bond donors (Lipinski definition) is 1. The lowest BCUT2D eigenvalue weighted by atomic mass is 9.92. The summed E-state index contributed by atoms with van der Waals surface area (Å²) in [5.41, 5.74) is 1.20. The first-order valence-electron chi connectivity index (χ1n) is 6.26. The van der Waals surface area contributed by atoms with E-state index in [9.17, 15) is 0 Å². The van der Waals surface area contributed by atoms with Gasteiger partial charge in [0.05, 0.1) is 5.69 Å². The molecule has 0 amide bonds. The number of nitrogens with one attached hydrogen (secondary N) is 1. The van der Waals surface area contributed by atoms with Crippen LogP contribution in [0.25, 0.3) is 0 Å². The molecule has 0 radical (unpaired) electrons. The van der Waals surface area contributed by atoms with E-state index in [4.69, 9.17) is 0 Å². The minimum Gasteiger partial charge on any atom is -0.315 e. The smallest absolute Gasteiger partial charge is 0.0764 e. The fourth-order valence-corrected chi connectivity index (χ4v) is 3.12. The molecule has 4 heteroatoms. The van der Waals surface area contributed by atoms with Crippen molar-refractivity contribution >= 4 is 0 Å². The summed E-state index contributed by atoms with van der Waals surface area (Å²) in [5.74, 6) is 0.873. The molecule has 2 atom stereocenters. The molecule has 3 rings (SSSR count). The Kier molecular flexibility index (Phi) is 2.69. The SMILES string of the molecule is Cn1ccc(CN2CCCC3CNCC32)n1. The van der Waals surface area contributed by atoms with Gasteiger partial charge in [0.15, 0.2) is 0 Å². The molecule has 2 fully saturated rings. The minimum absolute atomic E-state index is 0.746. The summed E-state index contributed by atoms with van der Waals surface area (Å²) >= 11 is 0. The Hall–Kier alpha value is -0.870. The number of fused-ring (bicyclic) bond motifs is 1. The van der Waals surface area contributed by atoms with Crippen molar-refractivity contribution in [2.24, 2.45) is 13.0 Å². The van der Waals surface area contributed by atoms with Crippen LogP contribution in [0.5, 0.6) is 0 Å². The van der Waals surface area contributed by atoms with Gasteiger partial charge >= 0.3 is 0 Å². The van der Waals surface area contributed by atoms with Gasteiger partial charge in [-0.15, -0.1) is 0 Å². The number of likely N-dealkylation sites (tertiary alicyclic amines) is 1. The van der Waals surface area contributed by atoms with Gasteiger partial charge in [-0.25, -0.2) is 0 Å². The Labute approximate surface area is 96.6 Å². The first-order chi connectivity index (χ1) is 7.83. The van der Waals surface area contributed by atoms with Gasteiger partial charge in [-0.2, -0.15) is 5.10 Å². The highest BCUT2D eigenvalue weighted by Crippen LogP contribution is 2.27. The molecule has 0 aliphatic carbocycles. The van der Waals surface area contributed by atoms with Crippen molar-refractivity contribution in [2.75, 3.05) is 19.6 Å². The third-order valence-electron chi connectivity index (χ3n) is 3.93. The third kappa shape index (κ3) is 1.87. The maximum Gasteiger partial charge on any atom is 0.0764 e. The Balaban J connectivity index is 1.69. The van der Waals surface area contributed by atoms with Crippen LogP contribution in [0, 0.1) is 5.92 Å². The molecule has 2 unspecified atom stereocenters. The number of piperidine rings is 1. The van der Waals surface area contributed by atoms with Gasteiger partial charge in [-0.05, 0) is 37.9 Å². The molecule has 3 heterocycles. The molecule has 88 valence electrons. The molecule has 1 N–H and O–H groups in total. The molecular formula is C12H20N4. The van der Waals surface area contributed by atoms with Crippen LogP contribution in [0.1, 0.15) is 18.5 Å². The number of nitrogens with zero attached hydrogens (tertiary/aromatic N) is 3. The Morgan fingerprint density at radius 3 is 3.25 bits per heavy atom. The van der Waals surface area contributed by atoms with Gasteiger partial charge in [0.2, 0.25) is 0 Å². The molecule has 2 aliphatic rings. The Bertz CT molecular complexity index is 360. The molecule has 2 saturated heterocycles. The fraction of sp³-hybridized carbons (Fsp3) is 0.750. The number of aryl methyl sites for hydroxylation is 1. The van der Waals surface area contributed by atoms with Crippen molar-refractivity contribution in [2.45, 2.75) is 25.4 Å². The molecule has 0 bridgehead atoms. The third-order valence-corrected chi connectivity index (χ3v) is 3.93. The second-order valence-corrected chi connectivity index (χ2v) is 5.08. The van der Waals surface area contributed by atoms with Gasteiger partial charge in [0.25, 0.3) is 0 Å². The van der Waals surface area contributed by atoms with Crippen molar-refractivity contribution in [1.82, 2.24) is 20.0 Å². The summed E-state index contributed by atoms with van der Waals surface area (Å²) < 4.78 is 1.89.